The maximum absolute atomic E-state index is 5.99. The molecule has 15 heavy (non-hydrogen) atoms. The average Bonchev–Trinajstić information content (AvgIpc) is 2.30. The van der Waals surface area contributed by atoms with E-state index in [0.29, 0.717) is 0 Å². The summed E-state index contributed by atoms with van der Waals surface area (Å²) in [5.41, 5.74) is 7.82. The third-order valence-electron chi connectivity index (χ3n) is 2.64. The Bertz CT molecular complexity index is 644. The van der Waals surface area contributed by atoms with Crippen molar-refractivity contribution in [3.63, 3.8) is 0 Å². The number of hydrogen-bond donors (Lipinski definition) is 1. The normalized spacial score (nSPS) is 10.9. The molecule has 0 aliphatic heterocycles. The van der Waals surface area contributed by atoms with E-state index in [1.807, 2.05) is 42.6 Å². The number of rotatable bonds is 0. The van der Waals surface area contributed by atoms with Crippen LogP contribution in [0.5, 0.6) is 0 Å². The van der Waals surface area contributed by atoms with Crippen LogP contribution in [0.3, 0.4) is 0 Å². The Morgan fingerprint density at radius 1 is 0.933 bits per heavy atom. The Hall–Kier alpha value is -2.09. The second-order valence-electron chi connectivity index (χ2n) is 3.59. The number of nitrogen functional groups attached to an aromatic ring is 1. The van der Waals surface area contributed by atoms with Gasteiger partial charge in [-0.05, 0) is 12.1 Å². The Kier molecular flexibility index (Phi) is 1.62. The van der Waals surface area contributed by atoms with Gasteiger partial charge >= 0.3 is 0 Å². The molecule has 0 aliphatic rings. The molecule has 0 aliphatic carbocycles. The second-order valence-corrected chi connectivity index (χ2v) is 3.59. The van der Waals surface area contributed by atoms with Crippen molar-refractivity contribution in [2.45, 2.75) is 0 Å². The van der Waals surface area contributed by atoms with Crippen molar-refractivity contribution in [1.82, 2.24) is 4.98 Å². The zero-order chi connectivity index (χ0) is 10.3. The van der Waals surface area contributed by atoms with Gasteiger partial charge in [-0.3, -0.25) is 4.98 Å². The highest BCUT2D eigenvalue weighted by Gasteiger charge is 2.03. The van der Waals surface area contributed by atoms with Gasteiger partial charge in [0.1, 0.15) is 0 Å². The molecule has 1 aromatic heterocycles. The van der Waals surface area contributed by atoms with Crippen LogP contribution in [0.1, 0.15) is 0 Å². The van der Waals surface area contributed by atoms with Crippen molar-refractivity contribution in [3.8, 4) is 0 Å². The largest absolute Gasteiger partial charge is 0.398 e. The molecule has 0 bridgehead atoms. The van der Waals surface area contributed by atoms with Crippen LogP contribution in [0.2, 0.25) is 0 Å². The fraction of sp³-hybridized carbons (Fsp3) is 0. The maximum atomic E-state index is 5.99. The van der Waals surface area contributed by atoms with E-state index in [2.05, 4.69) is 11.1 Å². The number of nitrogens with zero attached hydrogens (tertiary/aromatic N) is 1. The van der Waals surface area contributed by atoms with E-state index in [-0.39, 0.29) is 0 Å². The molecule has 1 heterocycles. The zero-order valence-corrected chi connectivity index (χ0v) is 8.14. The van der Waals surface area contributed by atoms with E-state index in [0.717, 1.165) is 27.4 Å². The van der Waals surface area contributed by atoms with E-state index in [9.17, 15) is 0 Å². The van der Waals surface area contributed by atoms with Gasteiger partial charge in [0, 0.05) is 28.0 Å². The van der Waals surface area contributed by atoms with Crippen molar-refractivity contribution < 1.29 is 0 Å². The van der Waals surface area contributed by atoms with Crippen molar-refractivity contribution >= 4 is 27.4 Å². The minimum Gasteiger partial charge on any atom is -0.398 e. The standard InChI is InChI=1S/C13H10N2/c14-12-8-9-4-3-7-15-13(9)11-6-2-1-5-10(11)12/h1-8H,14H2. The number of nitrogens with two attached hydrogens (primary N) is 1. The van der Waals surface area contributed by atoms with Gasteiger partial charge in [-0.2, -0.15) is 0 Å². The number of hydrogen-bond acceptors (Lipinski definition) is 2. The molecule has 0 saturated heterocycles. The average molecular weight is 194 g/mol. The van der Waals surface area contributed by atoms with Crippen molar-refractivity contribution in [1.29, 1.82) is 0 Å². The van der Waals surface area contributed by atoms with Gasteiger partial charge in [-0.25, -0.2) is 0 Å². The summed E-state index contributed by atoms with van der Waals surface area (Å²) in [7, 11) is 0. The van der Waals surface area contributed by atoms with Crippen LogP contribution in [0.15, 0.2) is 48.7 Å². The highest BCUT2D eigenvalue weighted by molar-refractivity contribution is 6.10. The maximum Gasteiger partial charge on any atom is 0.0781 e. The Balaban J connectivity index is 2.64. The fourth-order valence-electron chi connectivity index (χ4n) is 1.95. The summed E-state index contributed by atoms with van der Waals surface area (Å²) in [5, 5.41) is 3.28. The fourth-order valence-corrected chi connectivity index (χ4v) is 1.95. The lowest BCUT2D eigenvalue weighted by Crippen LogP contribution is -1.89. The zero-order valence-electron chi connectivity index (χ0n) is 8.14. The summed E-state index contributed by atoms with van der Waals surface area (Å²) in [5.74, 6) is 0. The molecule has 3 rings (SSSR count). The minimum atomic E-state index is 0.811. The summed E-state index contributed by atoms with van der Waals surface area (Å²) in [6.45, 7) is 0. The minimum absolute atomic E-state index is 0.811. The van der Waals surface area contributed by atoms with Crippen LogP contribution in [-0.2, 0) is 0 Å². The van der Waals surface area contributed by atoms with Gasteiger partial charge in [0.15, 0.2) is 0 Å². The summed E-state index contributed by atoms with van der Waals surface area (Å²) >= 11 is 0. The third-order valence-corrected chi connectivity index (χ3v) is 2.64. The summed E-state index contributed by atoms with van der Waals surface area (Å²) in [6.07, 6.45) is 1.81. The van der Waals surface area contributed by atoms with Crippen LogP contribution in [-0.4, -0.2) is 4.98 Å². The first-order valence-electron chi connectivity index (χ1n) is 4.88. The number of fused-ring (bicyclic) bond motifs is 3. The van der Waals surface area contributed by atoms with Gasteiger partial charge in [0.05, 0.1) is 5.52 Å². The first kappa shape index (κ1) is 8.24. The lowest BCUT2D eigenvalue weighted by Gasteiger charge is -2.05. The summed E-state index contributed by atoms with van der Waals surface area (Å²) in [4.78, 5) is 4.39. The van der Waals surface area contributed by atoms with Crippen LogP contribution in [0.4, 0.5) is 5.69 Å². The number of pyridine rings is 1. The number of aromatic nitrogens is 1. The molecular weight excluding hydrogens is 184 g/mol. The lowest BCUT2D eigenvalue weighted by atomic mass is 10.0. The lowest BCUT2D eigenvalue weighted by molar-refractivity contribution is 1.43. The third kappa shape index (κ3) is 1.15. The van der Waals surface area contributed by atoms with Crippen molar-refractivity contribution in [3.05, 3.63) is 48.7 Å². The molecule has 0 radical (unpaired) electrons. The first-order chi connectivity index (χ1) is 7.36. The molecule has 0 fully saturated rings. The molecule has 3 aromatic rings. The van der Waals surface area contributed by atoms with Gasteiger partial charge < -0.3 is 5.73 Å². The van der Waals surface area contributed by atoms with Crippen molar-refractivity contribution in [2.75, 3.05) is 5.73 Å². The molecule has 0 saturated carbocycles. The Morgan fingerprint density at radius 2 is 1.73 bits per heavy atom. The summed E-state index contributed by atoms with van der Waals surface area (Å²) in [6, 6.07) is 14.0. The van der Waals surface area contributed by atoms with E-state index < -0.39 is 0 Å². The number of benzene rings is 2. The molecule has 0 spiro atoms. The second kappa shape index (κ2) is 2.95. The van der Waals surface area contributed by atoms with Gasteiger partial charge in [0.2, 0.25) is 0 Å². The molecule has 2 aromatic carbocycles. The highest BCUT2D eigenvalue weighted by atomic mass is 14.7. The van der Waals surface area contributed by atoms with E-state index >= 15 is 0 Å². The predicted octanol–water partition coefficient (Wildman–Crippen LogP) is 2.97. The Labute approximate surface area is 87.4 Å². The summed E-state index contributed by atoms with van der Waals surface area (Å²) < 4.78 is 0. The quantitative estimate of drug-likeness (QED) is 0.441. The highest BCUT2D eigenvalue weighted by Crippen LogP contribution is 2.28. The molecule has 0 unspecified atom stereocenters. The monoisotopic (exact) mass is 194 g/mol. The van der Waals surface area contributed by atoms with Gasteiger partial charge in [-0.15, -0.1) is 0 Å². The molecule has 72 valence electrons. The van der Waals surface area contributed by atoms with E-state index in [4.69, 9.17) is 5.73 Å². The first-order valence-corrected chi connectivity index (χ1v) is 4.88. The van der Waals surface area contributed by atoms with Crippen molar-refractivity contribution in [2.24, 2.45) is 0 Å². The van der Waals surface area contributed by atoms with Crippen LogP contribution < -0.4 is 5.73 Å². The molecular formula is C13H10N2. The SMILES string of the molecule is Nc1cc2cccnc2c2ccccc12. The molecule has 2 N–H and O–H groups in total. The van der Waals surface area contributed by atoms with Crippen LogP contribution in [0.25, 0.3) is 21.7 Å². The molecule has 0 amide bonds. The molecule has 0 atom stereocenters. The smallest absolute Gasteiger partial charge is 0.0781 e. The number of anilines is 1. The Morgan fingerprint density at radius 3 is 2.60 bits per heavy atom. The van der Waals surface area contributed by atoms with E-state index in [1.54, 1.807) is 0 Å². The predicted molar refractivity (Wildman–Crippen MR) is 63.7 cm³/mol. The molecule has 2 nitrogen and oxygen atoms in total. The van der Waals surface area contributed by atoms with Gasteiger partial charge in [0.25, 0.3) is 0 Å². The van der Waals surface area contributed by atoms with Gasteiger partial charge in [-0.1, -0.05) is 30.3 Å². The van der Waals surface area contributed by atoms with E-state index in [1.165, 1.54) is 0 Å². The van der Waals surface area contributed by atoms with Crippen LogP contribution >= 0.6 is 0 Å². The van der Waals surface area contributed by atoms with Crippen LogP contribution in [0, 0.1) is 0 Å². The molecule has 2 heteroatoms. The topological polar surface area (TPSA) is 38.9 Å².